The van der Waals surface area contributed by atoms with Crippen LogP contribution in [0.3, 0.4) is 0 Å². The summed E-state index contributed by atoms with van der Waals surface area (Å²) in [5.41, 5.74) is 0.680. The van der Waals surface area contributed by atoms with Gasteiger partial charge in [-0.3, -0.25) is 9.59 Å². The maximum Gasteiger partial charge on any atom is 0.251 e. The van der Waals surface area contributed by atoms with E-state index in [2.05, 4.69) is 5.32 Å². The Kier molecular flexibility index (Phi) is 6.34. The number of rotatable bonds is 5. The summed E-state index contributed by atoms with van der Waals surface area (Å²) in [4.78, 5) is 27.9. The number of likely N-dealkylation sites (tertiary alicyclic amines) is 1. The van der Waals surface area contributed by atoms with E-state index in [1.54, 1.807) is 11.8 Å². The zero-order chi connectivity index (χ0) is 18.4. The summed E-state index contributed by atoms with van der Waals surface area (Å²) in [7, 11) is 0. The first-order valence-electron chi connectivity index (χ1n) is 9.00. The van der Waals surface area contributed by atoms with Crippen LogP contribution in [0.25, 0.3) is 0 Å². The van der Waals surface area contributed by atoms with Crippen molar-refractivity contribution in [3.63, 3.8) is 0 Å². The number of carbonyl (C=O) groups excluding carboxylic acids is 2. The standard InChI is InChI=1S/C21H24N2O2S/c1-16(26-19-10-6-3-7-11-19)21(25)23-14-12-18(13-15-23)22-20(24)17-8-4-2-5-9-17/h2-11,16,18H,12-15H2,1H3,(H,22,24). The molecule has 1 N–H and O–H groups in total. The molecule has 26 heavy (non-hydrogen) atoms. The van der Waals surface area contributed by atoms with Crippen LogP contribution >= 0.6 is 11.8 Å². The summed E-state index contributed by atoms with van der Waals surface area (Å²) >= 11 is 1.59. The Morgan fingerprint density at radius 1 is 1.00 bits per heavy atom. The highest BCUT2D eigenvalue weighted by molar-refractivity contribution is 8.00. The molecular weight excluding hydrogens is 344 g/mol. The number of nitrogens with one attached hydrogen (secondary N) is 1. The Bertz CT molecular complexity index is 728. The molecule has 136 valence electrons. The summed E-state index contributed by atoms with van der Waals surface area (Å²) in [6.45, 7) is 3.35. The molecule has 0 radical (unpaired) electrons. The minimum Gasteiger partial charge on any atom is -0.349 e. The van der Waals surface area contributed by atoms with E-state index in [0.717, 1.165) is 17.7 Å². The molecule has 2 aromatic rings. The molecule has 1 atom stereocenters. The minimum absolute atomic E-state index is 0.0385. The van der Waals surface area contributed by atoms with E-state index in [4.69, 9.17) is 0 Å². The van der Waals surface area contributed by atoms with Crippen molar-refractivity contribution < 1.29 is 9.59 Å². The monoisotopic (exact) mass is 368 g/mol. The van der Waals surface area contributed by atoms with Crippen molar-refractivity contribution in [2.24, 2.45) is 0 Å². The SMILES string of the molecule is CC(Sc1ccccc1)C(=O)N1CCC(NC(=O)c2ccccc2)CC1. The van der Waals surface area contributed by atoms with Crippen LogP contribution in [-0.4, -0.2) is 41.1 Å². The van der Waals surface area contributed by atoms with Crippen molar-refractivity contribution in [3.05, 3.63) is 66.2 Å². The molecule has 0 bridgehead atoms. The molecule has 4 nitrogen and oxygen atoms in total. The van der Waals surface area contributed by atoms with Gasteiger partial charge in [0.05, 0.1) is 5.25 Å². The van der Waals surface area contributed by atoms with Crippen molar-refractivity contribution in [2.45, 2.75) is 36.0 Å². The van der Waals surface area contributed by atoms with E-state index < -0.39 is 0 Å². The lowest BCUT2D eigenvalue weighted by Crippen LogP contribution is -2.48. The van der Waals surface area contributed by atoms with Gasteiger partial charge in [0.2, 0.25) is 5.91 Å². The van der Waals surface area contributed by atoms with Crippen LogP contribution in [0.5, 0.6) is 0 Å². The molecule has 1 saturated heterocycles. The molecule has 2 aromatic carbocycles. The van der Waals surface area contributed by atoms with Crippen LogP contribution < -0.4 is 5.32 Å². The van der Waals surface area contributed by atoms with E-state index in [1.807, 2.05) is 72.5 Å². The first-order chi connectivity index (χ1) is 12.6. The quantitative estimate of drug-likeness (QED) is 0.821. The van der Waals surface area contributed by atoms with Crippen LogP contribution in [0.1, 0.15) is 30.1 Å². The molecule has 0 aromatic heterocycles. The van der Waals surface area contributed by atoms with Crippen molar-refractivity contribution in [2.75, 3.05) is 13.1 Å². The Morgan fingerprint density at radius 2 is 1.58 bits per heavy atom. The topological polar surface area (TPSA) is 49.4 Å². The molecule has 5 heteroatoms. The number of amides is 2. The van der Waals surface area contributed by atoms with E-state index in [0.29, 0.717) is 18.7 Å². The summed E-state index contributed by atoms with van der Waals surface area (Å²) in [6.07, 6.45) is 1.60. The molecule has 3 rings (SSSR count). The second kappa shape index (κ2) is 8.90. The van der Waals surface area contributed by atoms with Gasteiger partial charge in [-0.15, -0.1) is 11.8 Å². The first kappa shape index (κ1) is 18.5. The van der Waals surface area contributed by atoms with Crippen molar-refractivity contribution in [1.29, 1.82) is 0 Å². The van der Waals surface area contributed by atoms with Gasteiger partial charge in [0, 0.05) is 29.6 Å². The van der Waals surface area contributed by atoms with Gasteiger partial charge in [-0.25, -0.2) is 0 Å². The summed E-state index contributed by atoms with van der Waals surface area (Å²) in [5.74, 6) is 0.134. The van der Waals surface area contributed by atoms with E-state index in [-0.39, 0.29) is 23.1 Å². The van der Waals surface area contributed by atoms with Gasteiger partial charge in [-0.2, -0.15) is 0 Å². The van der Waals surface area contributed by atoms with Crippen molar-refractivity contribution in [3.8, 4) is 0 Å². The van der Waals surface area contributed by atoms with Gasteiger partial charge in [-0.1, -0.05) is 36.4 Å². The summed E-state index contributed by atoms with van der Waals surface area (Å²) < 4.78 is 0. The summed E-state index contributed by atoms with van der Waals surface area (Å²) in [5, 5.41) is 2.98. The van der Waals surface area contributed by atoms with Crippen LogP contribution in [0.2, 0.25) is 0 Å². The number of piperidine rings is 1. The first-order valence-corrected chi connectivity index (χ1v) is 9.88. The van der Waals surface area contributed by atoms with Gasteiger partial charge in [0.1, 0.15) is 0 Å². The largest absolute Gasteiger partial charge is 0.349 e. The molecule has 0 saturated carbocycles. The maximum atomic E-state index is 12.7. The van der Waals surface area contributed by atoms with Gasteiger partial charge in [0.25, 0.3) is 5.91 Å². The fourth-order valence-electron chi connectivity index (χ4n) is 3.11. The molecule has 0 spiro atoms. The Balaban J connectivity index is 1.47. The lowest BCUT2D eigenvalue weighted by atomic mass is 10.0. The second-order valence-corrected chi connectivity index (χ2v) is 7.93. The van der Waals surface area contributed by atoms with Gasteiger partial charge < -0.3 is 10.2 Å². The fourth-order valence-corrected chi connectivity index (χ4v) is 4.09. The van der Waals surface area contributed by atoms with Crippen molar-refractivity contribution in [1.82, 2.24) is 10.2 Å². The normalized spacial score (nSPS) is 16.1. The highest BCUT2D eigenvalue weighted by Gasteiger charge is 2.27. The number of carbonyl (C=O) groups is 2. The van der Waals surface area contributed by atoms with Crippen LogP contribution in [0.15, 0.2) is 65.6 Å². The number of thioether (sulfide) groups is 1. The Labute approximate surface area is 159 Å². The zero-order valence-corrected chi connectivity index (χ0v) is 15.7. The number of benzene rings is 2. The fraction of sp³-hybridized carbons (Fsp3) is 0.333. The molecule has 1 heterocycles. The predicted octanol–water partition coefficient (Wildman–Crippen LogP) is 3.59. The third kappa shape index (κ3) is 4.88. The lowest BCUT2D eigenvalue weighted by molar-refractivity contribution is -0.131. The predicted molar refractivity (Wildman–Crippen MR) is 105 cm³/mol. The van der Waals surface area contributed by atoms with Crippen LogP contribution in [-0.2, 0) is 4.79 Å². The molecule has 0 aliphatic carbocycles. The summed E-state index contributed by atoms with van der Waals surface area (Å²) in [6, 6.07) is 19.4. The van der Waals surface area contributed by atoms with Gasteiger partial charge in [-0.05, 0) is 44.0 Å². The minimum atomic E-state index is -0.104. The zero-order valence-electron chi connectivity index (χ0n) is 14.9. The third-order valence-corrected chi connectivity index (χ3v) is 5.68. The third-order valence-electron chi connectivity index (χ3n) is 4.58. The smallest absolute Gasteiger partial charge is 0.251 e. The van der Waals surface area contributed by atoms with E-state index in [9.17, 15) is 9.59 Å². The lowest BCUT2D eigenvalue weighted by Gasteiger charge is -2.33. The molecule has 1 aliphatic heterocycles. The average Bonchev–Trinajstić information content (AvgIpc) is 2.69. The highest BCUT2D eigenvalue weighted by atomic mass is 32.2. The molecule has 1 aliphatic rings. The van der Waals surface area contributed by atoms with Crippen LogP contribution in [0, 0.1) is 0 Å². The average molecular weight is 369 g/mol. The van der Waals surface area contributed by atoms with E-state index >= 15 is 0 Å². The molecule has 1 unspecified atom stereocenters. The Hall–Kier alpha value is -2.27. The van der Waals surface area contributed by atoms with E-state index in [1.165, 1.54) is 0 Å². The Morgan fingerprint density at radius 3 is 2.19 bits per heavy atom. The van der Waals surface area contributed by atoms with Crippen molar-refractivity contribution >= 4 is 23.6 Å². The number of nitrogens with zero attached hydrogens (tertiary/aromatic N) is 1. The van der Waals surface area contributed by atoms with Gasteiger partial charge in [0.15, 0.2) is 0 Å². The molecule has 1 fully saturated rings. The number of hydrogen-bond donors (Lipinski definition) is 1. The molecular formula is C21H24N2O2S. The van der Waals surface area contributed by atoms with Gasteiger partial charge >= 0.3 is 0 Å². The van der Waals surface area contributed by atoms with Crippen LogP contribution in [0.4, 0.5) is 0 Å². The molecule has 2 amide bonds. The second-order valence-electron chi connectivity index (χ2n) is 6.51. The highest BCUT2D eigenvalue weighted by Crippen LogP contribution is 2.25. The number of hydrogen-bond acceptors (Lipinski definition) is 3. The maximum absolute atomic E-state index is 12.7.